The minimum absolute atomic E-state index is 0.165. The molecule has 2 aromatic carbocycles. The van der Waals surface area contributed by atoms with Gasteiger partial charge >= 0.3 is 0 Å². The van der Waals surface area contributed by atoms with Crippen molar-refractivity contribution in [3.8, 4) is 11.5 Å². The zero-order chi connectivity index (χ0) is 19.3. The number of rotatable bonds is 3. The summed E-state index contributed by atoms with van der Waals surface area (Å²) >= 11 is 0. The van der Waals surface area contributed by atoms with Gasteiger partial charge in [-0.2, -0.15) is 0 Å². The van der Waals surface area contributed by atoms with Gasteiger partial charge in [0.05, 0.1) is 12.4 Å². The van der Waals surface area contributed by atoms with Crippen molar-refractivity contribution in [2.24, 2.45) is 0 Å². The van der Waals surface area contributed by atoms with E-state index in [0.29, 0.717) is 11.6 Å². The van der Waals surface area contributed by atoms with Crippen LogP contribution in [0.1, 0.15) is 54.4 Å². The summed E-state index contributed by atoms with van der Waals surface area (Å²) in [6, 6.07) is 11.6. The topological polar surface area (TPSA) is 73.9 Å². The van der Waals surface area contributed by atoms with Gasteiger partial charge in [-0.25, -0.2) is 8.42 Å². The molecule has 0 unspecified atom stereocenters. The summed E-state index contributed by atoms with van der Waals surface area (Å²) in [4.78, 5) is 0. The molecule has 2 aromatic rings. The van der Waals surface area contributed by atoms with Crippen LogP contribution in [0.3, 0.4) is 0 Å². The first-order chi connectivity index (χ1) is 13.5. The minimum atomic E-state index is -3.34. The summed E-state index contributed by atoms with van der Waals surface area (Å²) in [7, 11) is -3.34. The molecule has 0 amide bonds. The lowest BCUT2D eigenvalue weighted by molar-refractivity contribution is -0.0389. The molecule has 2 aliphatic heterocycles. The van der Waals surface area contributed by atoms with Gasteiger partial charge in [0.25, 0.3) is 0 Å². The van der Waals surface area contributed by atoms with Gasteiger partial charge in [-0.05, 0) is 53.8 Å². The van der Waals surface area contributed by atoms with E-state index in [1.807, 2.05) is 24.3 Å². The van der Waals surface area contributed by atoms with Crippen molar-refractivity contribution in [1.29, 1.82) is 0 Å². The standard InChI is InChI=1S/C21H23NO5S/c1-28(23,24)22-14-6-4-5-13(9-14)21-17-11-20-19(25-12-26-20)10-16(17)15-7-2-3-8-18(15)27-21/h4-6,9-11,15,18,21-22H,2-3,7-8,12H2,1H3/t15-,18+,21-/m0/s1. The predicted octanol–water partition coefficient (Wildman–Crippen LogP) is 3.93. The highest BCUT2D eigenvalue weighted by molar-refractivity contribution is 7.92. The van der Waals surface area contributed by atoms with Crippen molar-refractivity contribution in [2.75, 3.05) is 17.8 Å². The van der Waals surface area contributed by atoms with Crippen LogP contribution in [-0.4, -0.2) is 27.6 Å². The molecule has 1 fully saturated rings. The number of sulfonamides is 1. The summed E-state index contributed by atoms with van der Waals surface area (Å²) < 4.78 is 43.6. The van der Waals surface area contributed by atoms with Crippen LogP contribution in [0.4, 0.5) is 5.69 Å². The Kier molecular flexibility index (Phi) is 4.25. The Hall–Kier alpha value is -2.25. The number of ether oxygens (including phenoxy) is 3. The zero-order valence-corrected chi connectivity index (χ0v) is 16.5. The quantitative estimate of drug-likeness (QED) is 0.843. The molecule has 5 rings (SSSR count). The predicted molar refractivity (Wildman–Crippen MR) is 105 cm³/mol. The van der Waals surface area contributed by atoms with Crippen LogP contribution >= 0.6 is 0 Å². The van der Waals surface area contributed by atoms with E-state index in [-0.39, 0.29) is 19.0 Å². The Morgan fingerprint density at radius 2 is 1.75 bits per heavy atom. The monoisotopic (exact) mass is 401 g/mol. The Bertz CT molecular complexity index is 1020. The SMILES string of the molecule is CS(=O)(=O)Nc1cccc([C@@H]2O[C@@H]3CCCC[C@H]3c3cc4c(cc32)OCO4)c1. The summed E-state index contributed by atoms with van der Waals surface area (Å²) in [6.07, 6.45) is 5.58. The van der Waals surface area contributed by atoms with E-state index in [1.54, 1.807) is 6.07 Å². The molecule has 148 valence electrons. The molecule has 3 aliphatic rings. The van der Waals surface area contributed by atoms with Gasteiger partial charge in [0.1, 0.15) is 6.10 Å². The third-order valence-corrected chi connectivity index (χ3v) is 6.37. The maximum absolute atomic E-state index is 11.6. The highest BCUT2D eigenvalue weighted by Crippen LogP contribution is 2.50. The molecule has 0 spiro atoms. The number of hydrogen-bond donors (Lipinski definition) is 1. The Morgan fingerprint density at radius 1 is 1.00 bits per heavy atom. The zero-order valence-electron chi connectivity index (χ0n) is 15.7. The van der Waals surface area contributed by atoms with Gasteiger partial charge < -0.3 is 14.2 Å². The van der Waals surface area contributed by atoms with Crippen LogP contribution in [0.25, 0.3) is 0 Å². The highest BCUT2D eigenvalue weighted by Gasteiger charge is 2.39. The number of nitrogens with one attached hydrogen (secondary N) is 1. The fourth-order valence-corrected chi connectivity index (χ4v) is 5.18. The third kappa shape index (κ3) is 3.22. The van der Waals surface area contributed by atoms with Crippen LogP contribution in [-0.2, 0) is 14.8 Å². The molecule has 6 nitrogen and oxygen atoms in total. The Balaban J connectivity index is 1.59. The second-order valence-corrected chi connectivity index (χ2v) is 9.53. The van der Waals surface area contributed by atoms with Crippen molar-refractivity contribution in [2.45, 2.75) is 43.8 Å². The molecule has 1 N–H and O–H groups in total. The molecule has 0 saturated heterocycles. The fourth-order valence-electron chi connectivity index (χ4n) is 4.62. The number of anilines is 1. The average molecular weight is 401 g/mol. The molecule has 2 heterocycles. The van der Waals surface area contributed by atoms with Gasteiger partial charge in [-0.15, -0.1) is 0 Å². The largest absolute Gasteiger partial charge is 0.454 e. The van der Waals surface area contributed by atoms with E-state index in [1.165, 1.54) is 18.4 Å². The summed E-state index contributed by atoms with van der Waals surface area (Å²) in [5, 5.41) is 0. The first-order valence-corrected chi connectivity index (χ1v) is 11.5. The molecular formula is C21H23NO5S. The lowest BCUT2D eigenvalue weighted by atomic mass is 9.76. The van der Waals surface area contributed by atoms with Crippen molar-refractivity contribution < 1.29 is 22.6 Å². The number of fused-ring (bicyclic) bond motifs is 4. The third-order valence-electron chi connectivity index (χ3n) is 5.77. The molecule has 1 saturated carbocycles. The van der Waals surface area contributed by atoms with Gasteiger partial charge in [0.15, 0.2) is 11.5 Å². The smallest absolute Gasteiger partial charge is 0.231 e. The van der Waals surface area contributed by atoms with E-state index in [9.17, 15) is 8.42 Å². The second kappa shape index (κ2) is 6.67. The van der Waals surface area contributed by atoms with Gasteiger partial charge in [0, 0.05) is 11.6 Å². The first kappa shape index (κ1) is 17.8. The van der Waals surface area contributed by atoms with E-state index >= 15 is 0 Å². The lowest BCUT2D eigenvalue weighted by Gasteiger charge is -2.41. The number of benzene rings is 2. The second-order valence-electron chi connectivity index (χ2n) is 7.78. The van der Waals surface area contributed by atoms with Crippen LogP contribution in [0.2, 0.25) is 0 Å². The van der Waals surface area contributed by atoms with Crippen molar-refractivity contribution in [1.82, 2.24) is 0 Å². The van der Waals surface area contributed by atoms with Crippen molar-refractivity contribution >= 4 is 15.7 Å². The summed E-state index contributed by atoms with van der Waals surface area (Å²) in [5.41, 5.74) is 3.82. The van der Waals surface area contributed by atoms with E-state index in [4.69, 9.17) is 14.2 Å². The lowest BCUT2D eigenvalue weighted by Crippen LogP contribution is -2.33. The Morgan fingerprint density at radius 3 is 2.54 bits per heavy atom. The van der Waals surface area contributed by atoms with E-state index < -0.39 is 10.0 Å². The molecule has 28 heavy (non-hydrogen) atoms. The highest BCUT2D eigenvalue weighted by atomic mass is 32.2. The molecule has 7 heteroatoms. The van der Waals surface area contributed by atoms with E-state index in [2.05, 4.69) is 10.8 Å². The molecule has 0 bridgehead atoms. The normalized spacial score (nSPS) is 25.7. The number of hydrogen-bond acceptors (Lipinski definition) is 5. The van der Waals surface area contributed by atoms with Crippen LogP contribution in [0, 0.1) is 0 Å². The van der Waals surface area contributed by atoms with E-state index in [0.717, 1.165) is 41.7 Å². The molecule has 3 atom stereocenters. The van der Waals surface area contributed by atoms with Crippen LogP contribution in [0.15, 0.2) is 36.4 Å². The Labute approximate surface area is 164 Å². The minimum Gasteiger partial charge on any atom is -0.454 e. The summed E-state index contributed by atoms with van der Waals surface area (Å²) in [5.74, 6) is 1.91. The van der Waals surface area contributed by atoms with Crippen molar-refractivity contribution in [3.05, 3.63) is 53.1 Å². The average Bonchev–Trinajstić information content (AvgIpc) is 3.12. The molecule has 1 aliphatic carbocycles. The van der Waals surface area contributed by atoms with Crippen LogP contribution in [0.5, 0.6) is 11.5 Å². The maximum atomic E-state index is 11.6. The molecule has 0 radical (unpaired) electrons. The molecular weight excluding hydrogens is 378 g/mol. The van der Waals surface area contributed by atoms with Crippen molar-refractivity contribution in [3.63, 3.8) is 0 Å². The summed E-state index contributed by atoms with van der Waals surface area (Å²) in [6.45, 7) is 0.242. The first-order valence-electron chi connectivity index (χ1n) is 9.64. The van der Waals surface area contributed by atoms with Gasteiger partial charge in [0.2, 0.25) is 16.8 Å². The van der Waals surface area contributed by atoms with Crippen LogP contribution < -0.4 is 14.2 Å². The molecule has 0 aromatic heterocycles. The fraction of sp³-hybridized carbons (Fsp3) is 0.429. The van der Waals surface area contributed by atoms with Gasteiger partial charge in [-0.1, -0.05) is 25.0 Å². The maximum Gasteiger partial charge on any atom is 0.231 e. The van der Waals surface area contributed by atoms with Gasteiger partial charge in [-0.3, -0.25) is 4.72 Å².